The van der Waals surface area contributed by atoms with Gasteiger partial charge in [0.25, 0.3) is 11.8 Å². The van der Waals surface area contributed by atoms with Crippen LogP contribution in [0.4, 0.5) is 0 Å². The van der Waals surface area contributed by atoms with Crippen molar-refractivity contribution in [3.05, 3.63) is 90.5 Å². The molecule has 50 heavy (non-hydrogen) atoms. The summed E-state index contributed by atoms with van der Waals surface area (Å²) in [5, 5.41) is 25.7. The fourth-order valence-electron chi connectivity index (χ4n) is 5.65. The number of nitrogens with one attached hydrogen (secondary N) is 3. The first-order valence-electron chi connectivity index (χ1n) is 16.4. The number of aliphatic hydroxyl groups is 1. The smallest absolute Gasteiger partial charge is 0.258 e. The average Bonchev–Trinajstić information content (AvgIpc) is 3.41. The molecule has 3 aromatic carbocycles. The molecule has 0 aliphatic carbocycles. The van der Waals surface area contributed by atoms with Gasteiger partial charge < -0.3 is 30.7 Å². The zero-order chi connectivity index (χ0) is 36.5. The summed E-state index contributed by atoms with van der Waals surface area (Å²) in [5.74, 6) is -1.49. The Kier molecular flexibility index (Phi) is 13.4. The Balaban J connectivity index is 1.47. The molecule has 1 aliphatic heterocycles. The maximum absolute atomic E-state index is 14.0. The lowest BCUT2D eigenvalue weighted by Crippen LogP contribution is -2.61. The molecule has 13 heteroatoms. The molecule has 0 saturated carbocycles. The third-order valence-electron chi connectivity index (χ3n) is 8.06. The maximum Gasteiger partial charge on any atom is 0.258 e. The van der Waals surface area contributed by atoms with Crippen molar-refractivity contribution in [3.8, 4) is 16.9 Å². The third-order valence-corrected chi connectivity index (χ3v) is 9.96. The van der Waals surface area contributed by atoms with Crippen LogP contribution in [0.3, 0.4) is 0 Å². The second-order valence-corrected chi connectivity index (χ2v) is 16.0. The van der Waals surface area contributed by atoms with E-state index >= 15 is 0 Å². The Hall–Kier alpha value is -4.04. The van der Waals surface area contributed by atoms with Gasteiger partial charge >= 0.3 is 0 Å². The van der Waals surface area contributed by atoms with Crippen LogP contribution in [-0.2, 0) is 25.6 Å². The van der Waals surface area contributed by atoms with Gasteiger partial charge in [0.1, 0.15) is 17.8 Å². The Morgan fingerprint density at radius 3 is 2.26 bits per heavy atom. The Morgan fingerprint density at radius 1 is 0.980 bits per heavy atom. The number of amides is 4. The van der Waals surface area contributed by atoms with Crippen molar-refractivity contribution in [3.63, 3.8) is 0 Å². The van der Waals surface area contributed by atoms with Crippen molar-refractivity contribution in [2.24, 2.45) is 5.14 Å². The first-order chi connectivity index (χ1) is 23.7. The van der Waals surface area contributed by atoms with E-state index in [1.807, 2.05) is 113 Å². The SMILES string of the molecule is CC(C)(C)NC(=O)[C@H]1N(C(=O)[C@@H](O)[C@H](Cc2ccccc2)NC(=O)[C@H](CSN)NC(=O)COc2cccc(-c3ccccc3)c2)CSC1(C)C. The van der Waals surface area contributed by atoms with Gasteiger partial charge in [0.2, 0.25) is 11.8 Å². The van der Waals surface area contributed by atoms with Crippen LogP contribution in [0.2, 0.25) is 0 Å². The first-order valence-corrected chi connectivity index (χ1v) is 18.4. The van der Waals surface area contributed by atoms with Gasteiger partial charge in [-0.15, -0.1) is 11.8 Å². The molecule has 11 nitrogen and oxygen atoms in total. The minimum atomic E-state index is -1.69. The number of carbonyl (C=O) groups excluding carboxylic acids is 4. The summed E-state index contributed by atoms with van der Waals surface area (Å²) in [5.41, 5.74) is 2.16. The van der Waals surface area contributed by atoms with Crippen LogP contribution in [-0.4, -0.2) is 86.4 Å². The normalized spacial score (nSPS) is 17.3. The van der Waals surface area contributed by atoms with Crippen molar-refractivity contribution < 1.29 is 29.0 Å². The number of rotatable bonds is 14. The molecular formula is C37H47N5O6S2. The van der Waals surface area contributed by atoms with E-state index in [4.69, 9.17) is 9.88 Å². The van der Waals surface area contributed by atoms with Gasteiger partial charge in [-0.3, -0.25) is 24.3 Å². The van der Waals surface area contributed by atoms with Gasteiger partial charge in [-0.05, 0) is 69.9 Å². The molecular weight excluding hydrogens is 675 g/mol. The predicted octanol–water partition coefficient (Wildman–Crippen LogP) is 3.51. The van der Waals surface area contributed by atoms with E-state index in [0.717, 1.165) is 28.6 Å². The van der Waals surface area contributed by atoms with Crippen molar-refractivity contribution in [1.82, 2.24) is 20.9 Å². The summed E-state index contributed by atoms with van der Waals surface area (Å²) in [7, 11) is 0. The number of thioether (sulfide) groups is 1. The minimum Gasteiger partial charge on any atom is -0.484 e. The molecule has 6 N–H and O–H groups in total. The van der Waals surface area contributed by atoms with Crippen LogP contribution in [0.15, 0.2) is 84.9 Å². The predicted molar refractivity (Wildman–Crippen MR) is 199 cm³/mol. The topological polar surface area (TPSA) is 163 Å². The van der Waals surface area contributed by atoms with E-state index in [2.05, 4.69) is 16.0 Å². The van der Waals surface area contributed by atoms with Crippen molar-refractivity contribution in [1.29, 1.82) is 0 Å². The number of nitrogens with zero attached hydrogens (tertiary/aromatic N) is 1. The second-order valence-electron chi connectivity index (χ2n) is 13.7. The van der Waals surface area contributed by atoms with E-state index in [1.54, 1.807) is 6.07 Å². The molecule has 1 aliphatic rings. The molecule has 1 fully saturated rings. The van der Waals surface area contributed by atoms with Crippen LogP contribution in [0, 0.1) is 0 Å². The molecule has 1 heterocycles. The standard InChI is InChI=1S/C37H47N5O6S2/c1-36(2,3)41-34(46)32-37(4,5)49-23-42(32)35(47)31(44)28(19-24-13-8-6-9-14-24)40-33(45)29(22-50-38)39-30(43)21-48-27-18-12-17-26(20-27)25-15-10-7-11-16-25/h6-18,20,28-29,31-32,44H,19,21-23,38H2,1-5H3,(H,39,43)(H,40,45)(H,41,46)/t28-,29-,31-,32+/m0/s1. The molecule has 3 aromatic rings. The monoisotopic (exact) mass is 721 g/mol. The van der Waals surface area contributed by atoms with Crippen LogP contribution in [0.1, 0.15) is 40.2 Å². The third kappa shape index (κ3) is 10.7. The second kappa shape index (κ2) is 17.3. The summed E-state index contributed by atoms with van der Waals surface area (Å²) in [6.07, 6.45) is -1.58. The molecule has 0 aromatic heterocycles. The van der Waals surface area contributed by atoms with Crippen LogP contribution < -0.4 is 25.8 Å². The number of ether oxygens (including phenoxy) is 1. The fourth-order valence-corrected chi connectivity index (χ4v) is 7.21. The van der Waals surface area contributed by atoms with Gasteiger partial charge in [-0.1, -0.05) is 84.7 Å². The van der Waals surface area contributed by atoms with Gasteiger partial charge in [0, 0.05) is 16.0 Å². The number of nitrogens with two attached hydrogens (primary N) is 1. The molecule has 1 saturated heterocycles. The lowest BCUT2D eigenvalue weighted by Gasteiger charge is -2.35. The first kappa shape index (κ1) is 38.8. The van der Waals surface area contributed by atoms with Gasteiger partial charge in [-0.25, -0.2) is 0 Å². The molecule has 0 unspecified atom stereocenters. The van der Waals surface area contributed by atoms with Crippen molar-refractivity contribution in [2.75, 3.05) is 18.2 Å². The largest absolute Gasteiger partial charge is 0.484 e. The highest BCUT2D eigenvalue weighted by Crippen LogP contribution is 2.40. The Morgan fingerprint density at radius 2 is 1.62 bits per heavy atom. The molecule has 0 radical (unpaired) electrons. The molecule has 4 rings (SSSR count). The zero-order valence-electron chi connectivity index (χ0n) is 29.1. The molecule has 268 valence electrons. The van der Waals surface area contributed by atoms with E-state index in [9.17, 15) is 24.3 Å². The number of benzene rings is 3. The number of hydrogen-bond acceptors (Lipinski definition) is 9. The summed E-state index contributed by atoms with van der Waals surface area (Å²) in [4.78, 5) is 55.4. The Bertz CT molecular complexity index is 1620. The quantitative estimate of drug-likeness (QED) is 0.157. The van der Waals surface area contributed by atoms with Crippen molar-refractivity contribution >= 4 is 47.3 Å². The van der Waals surface area contributed by atoms with E-state index in [1.165, 1.54) is 16.7 Å². The fraction of sp³-hybridized carbons (Fsp3) is 0.405. The van der Waals surface area contributed by atoms with Crippen molar-refractivity contribution in [2.45, 2.75) is 75.6 Å². The van der Waals surface area contributed by atoms with Gasteiger partial charge in [0.15, 0.2) is 12.7 Å². The average molecular weight is 722 g/mol. The zero-order valence-corrected chi connectivity index (χ0v) is 30.7. The number of hydrogen-bond donors (Lipinski definition) is 5. The summed E-state index contributed by atoms with van der Waals surface area (Å²) in [6.45, 7) is 8.99. The highest BCUT2D eigenvalue weighted by Gasteiger charge is 2.50. The van der Waals surface area contributed by atoms with Crippen LogP contribution in [0.25, 0.3) is 11.1 Å². The Labute approximate surface area is 302 Å². The summed E-state index contributed by atoms with van der Waals surface area (Å²) >= 11 is 2.30. The number of aliphatic hydroxyl groups excluding tert-OH is 1. The highest BCUT2D eigenvalue weighted by atomic mass is 32.2. The summed E-state index contributed by atoms with van der Waals surface area (Å²) < 4.78 is 5.12. The lowest BCUT2D eigenvalue weighted by atomic mass is 9.96. The maximum atomic E-state index is 14.0. The van der Waals surface area contributed by atoms with E-state index in [0.29, 0.717) is 5.75 Å². The molecule has 4 atom stereocenters. The molecule has 0 bridgehead atoms. The van der Waals surface area contributed by atoms with Gasteiger partial charge in [0.05, 0.1) is 11.9 Å². The van der Waals surface area contributed by atoms with Crippen LogP contribution >= 0.6 is 23.7 Å². The minimum absolute atomic E-state index is 0.0230. The summed E-state index contributed by atoms with van der Waals surface area (Å²) in [6, 6.07) is 23.2. The van der Waals surface area contributed by atoms with E-state index in [-0.39, 0.29) is 30.6 Å². The molecule has 4 amide bonds. The molecule has 0 spiro atoms. The number of carbonyl (C=O) groups is 4. The highest BCUT2D eigenvalue weighted by molar-refractivity contribution is 8.00. The van der Waals surface area contributed by atoms with Gasteiger partial charge in [-0.2, -0.15) is 0 Å². The van der Waals surface area contributed by atoms with E-state index < -0.39 is 52.2 Å². The lowest BCUT2D eigenvalue weighted by molar-refractivity contribution is -0.148. The van der Waals surface area contributed by atoms with Crippen LogP contribution in [0.5, 0.6) is 5.75 Å².